The van der Waals surface area contributed by atoms with Crippen LogP contribution in [0.1, 0.15) is 45.2 Å². The second kappa shape index (κ2) is 7.84. The molecular formula is C13H24N4O3. The summed E-state index contributed by atoms with van der Waals surface area (Å²) in [6.07, 6.45) is 1.80. The summed E-state index contributed by atoms with van der Waals surface area (Å²) in [7, 11) is 1.72. The first-order valence-corrected chi connectivity index (χ1v) is 7.01. The maximum Gasteiger partial charge on any atom is 0.334 e. The van der Waals surface area contributed by atoms with E-state index in [1.54, 1.807) is 11.7 Å². The molecule has 0 amide bonds. The summed E-state index contributed by atoms with van der Waals surface area (Å²) in [4.78, 5) is 10.9. The summed E-state index contributed by atoms with van der Waals surface area (Å²) in [5.74, 6) is 0.485. The topological polar surface area (TPSA) is 82.2 Å². The molecule has 20 heavy (non-hydrogen) atoms. The number of aromatic nitrogens is 2. The lowest BCUT2D eigenvalue weighted by Crippen LogP contribution is -2.10. The minimum Gasteiger partial charge on any atom is -0.381 e. The number of aryl methyl sites for hydroxylation is 1. The van der Waals surface area contributed by atoms with Gasteiger partial charge in [-0.2, -0.15) is 5.10 Å². The molecule has 0 spiro atoms. The first-order chi connectivity index (χ1) is 9.49. The zero-order chi connectivity index (χ0) is 15.1. The molecule has 1 N–H and O–H groups in total. The quantitative estimate of drug-likeness (QED) is 0.428. The Kier molecular flexibility index (Phi) is 6.44. The van der Waals surface area contributed by atoms with Gasteiger partial charge < -0.3 is 10.1 Å². The Labute approximate surface area is 119 Å². The van der Waals surface area contributed by atoms with Crippen LogP contribution in [-0.2, 0) is 11.8 Å². The first-order valence-electron chi connectivity index (χ1n) is 7.01. The predicted octanol–water partition coefficient (Wildman–Crippen LogP) is 2.68. The molecule has 1 heterocycles. The molecule has 1 aromatic rings. The number of hydrogen-bond acceptors (Lipinski definition) is 5. The average molecular weight is 284 g/mol. The van der Waals surface area contributed by atoms with Crippen molar-refractivity contribution < 1.29 is 9.66 Å². The normalized spacial score (nSPS) is 11.1. The van der Waals surface area contributed by atoms with E-state index in [0.717, 1.165) is 19.4 Å². The molecule has 7 heteroatoms. The van der Waals surface area contributed by atoms with Gasteiger partial charge in [-0.25, -0.2) is 4.68 Å². The van der Waals surface area contributed by atoms with E-state index in [4.69, 9.17) is 4.74 Å². The van der Waals surface area contributed by atoms with Crippen molar-refractivity contribution in [2.75, 3.05) is 25.1 Å². The molecule has 0 aliphatic heterocycles. The monoisotopic (exact) mass is 284 g/mol. The number of nitrogens with zero attached hydrogens (tertiary/aromatic N) is 3. The lowest BCUT2D eigenvalue weighted by molar-refractivity contribution is -0.384. The van der Waals surface area contributed by atoms with Crippen molar-refractivity contribution in [2.24, 2.45) is 7.05 Å². The van der Waals surface area contributed by atoms with Crippen molar-refractivity contribution in [3.63, 3.8) is 0 Å². The Morgan fingerprint density at radius 2 is 2.15 bits per heavy atom. The molecule has 0 aliphatic carbocycles. The van der Waals surface area contributed by atoms with Crippen LogP contribution in [0.5, 0.6) is 0 Å². The lowest BCUT2D eigenvalue weighted by Gasteiger charge is -2.06. The van der Waals surface area contributed by atoms with E-state index in [1.807, 2.05) is 13.8 Å². The van der Waals surface area contributed by atoms with Crippen molar-refractivity contribution in [3.05, 3.63) is 15.8 Å². The Balaban J connectivity index is 2.67. The lowest BCUT2D eigenvalue weighted by atomic mass is 10.1. The average Bonchev–Trinajstić information content (AvgIpc) is 2.71. The van der Waals surface area contributed by atoms with Crippen LogP contribution in [0.25, 0.3) is 0 Å². The molecule has 0 saturated heterocycles. The minimum absolute atomic E-state index is 0.0186. The highest BCUT2D eigenvalue weighted by Crippen LogP contribution is 2.32. The van der Waals surface area contributed by atoms with Gasteiger partial charge in [0.05, 0.1) is 4.92 Å². The fourth-order valence-corrected chi connectivity index (χ4v) is 1.93. The molecule has 0 bridgehead atoms. The molecule has 1 rings (SSSR count). The van der Waals surface area contributed by atoms with E-state index >= 15 is 0 Å². The molecule has 0 unspecified atom stereocenters. The highest BCUT2D eigenvalue weighted by Gasteiger charge is 2.28. The Bertz CT molecular complexity index is 443. The molecule has 114 valence electrons. The van der Waals surface area contributed by atoms with Gasteiger partial charge in [-0.1, -0.05) is 20.8 Å². The van der Waals surface area contributed by atoms with Crippen LogP contribution in [0.15, 0.2) is 0 Å². The molecule has 0 saturated carbocycles. The first kappa shape index (κ1) is 16.4. The van der Waals surface area contributed by atoms with Crippen molar-refractivity contribution >= 4 is 11.5 Å². The fourth-order valence-electron chi connectivity index (χ4n) is 1.93. The van der Waals surface area contributed by atoms with Crippen molar-refractivity contribution in [2.45, 2.75) is 39.5 Å². The standard InChI is InChI=1S/C13H24N4O3/c1-5-8-20-9-6-7-14-13-12(17(18)19)11(10(2)3)15-16(13)4/h10,14H,5-9H2,1-4H3. The van der Waals surface area contributed by atoms with Crippen LogP contribution in [0.3, 0.4) is 0 Å². The molecule has 0 atom stereocenters. The van der Waals surface area contributed by atoms with Crippen molar-refractivity contribution in [1.82, 2.24) is 9.78 Å². The predicted molar refractivity (Wildman–Crippen MR) is 78.2 cm³/mol. The fraction of sp³-hybridized carbons (Fsp3) is 0.769. The van der Waals surface area contributed by atoms with E-state index in [2.05, 4.69) is 17.3 Å². The van der Waals surface area contributed by atoms with Crippen LogP contribution >= 0.6 is 0 Å². The SMILES string of the molecule is CCCOCCCNc1c([N+](=O)[O-])c(C(C)C)nn1C. The zero-order valence-corrected chi connectivity index (χ0v) is 12.7. The highest BCUT2D eigenvalue weighted by molar-refractivity contribution is 5.60. The summed E-state index contributed by atoms with van der Waals surface area (Å²) >= 11 is 0. The van der Waals surface area contributed by atoms with Gasteiger partial charge in [0, 0.05) is 32.7 Å². The summed E-state index contributed by atoms with van der Waals surface area (Å²) in [6, 6.07) is 0. The largest absolute Gasteiger partial charge is 0.381 e. The van der Waals surface area contributed by atoms with E-state index < -0.39 is 0 Å². The minimum atomic E-state index is -0.363. The highest BCUT2D eigenvalue weighted by atomic mass is 16.6. The van der Waals surface area contributed by atoms with Crippen molar-refractivity contribution in [1.29, 1.82) is 0 Å². The Morgan fingerprint density at radius 3 is 2.70 bits per heavy atom. The van der Waals surface area contributed by atoms with Gasteiger partial charge in [0.1, 0.15) is 5.69 Å². The zero-order valence-electron chi connectivity index (χ0n) is 12.7. The van der Waals surface area contributed by atoms with Gasteiger partial charge in [-0.15, -0.1) is 0 Å². The van der Waals surface area contributed by atoms with E-state index in [9.17, 15) is 10.1 Å². The summed E-state index contributed by atoms with van der Waals surface area (Å²) < 4.78 is 6.92. The molecule has 0 aliphatic rings. The molecule has 0 fully saturated rings. The molecule has 0 radical (unpaired) electrons. The van der Waals surface area contributed by atoms with Crippen LogP contribution in [0, 0.1) is 10.1 Å². The smallest absolute Gasteiger partial charge is 0.334 e. The molecule has 0 aromatic carbocycles. The van der Waals surface area contributed by atoms with Gasteiger partial charge in [0.25, 0.3) is 0 Å². The third-order valence-electron chi connectivity index (χ3n) is 2.88. The second-order valence-corrected chi connectivity index (χ2v) is 5.01. The van der Waals surface area contributed by atoms with Gasteiger partial charge >= 0.3 is 5.69 Å². The number of ether oxygens (including phenoxy) is 1. The Morgan fingerprint density at radius 1 is 1.45 bits per heavy atom. The van der Waals surface area contributed by atoms with Crippen molar-refractivity contribution in [3.8, 4) is 0 Å². The van der Waals surface area contributed by atoms with Crippen LogP contribution in [0.2, 0.25) is 0 Å². The maximum atomic E-state index is 11.2. The van der Waals surface area contributed by atoms with Crippen LogP contribution in [-0.4, -0.2) is 34.5 Å². The maximum absolute atomic E-state index is 11.2. The number of anilines is 1. The third kappa shape index (κ3) is 4.19. The number of nitro groups is 1. The molecule has 7 nitrogen and oxygen atoms in total. The summed E-state index contributed by atoms with van der Waals surface area (Å²) in [6.45, 7) is 7.90. The summed E-state index contributed by atoms with van der Waals surface area (Å²) in [5.41, 5.74) is 0.596. The second-order valence-electron chi connectivity index (χ2n) is 5.01. The Hall–Kier alpha value is -1.63. The van der Waals surface area contributed by atoms with Crippen LogP contribution < -0.4 is 5.32 Å². The van der Waals surface area contributed by atoms with Gasteiger partial charge in [-0.05, 0) is 12.8 Å². The number of rotatable bonds is 9. The van der Waals surface area contributed by atoms with Crippen LogP contribution in [0.4, 0.5) is 11.5 Å². The van der Waals surface area contributed by atoms with E-state index in [-0.39, 0.29) is 16.5 Å². The van der Waals surface area contributed by atoms with E-state index in [0.29, 0.717) is 24.7 Å². The van der Waals surface area contributed by atoms with Gasteiger partial charge in [0.15, 0.2) is 0 Å². The summed E-state index contributed by atoms with van der Waals surface area (Å²) in [5, 5.41) is 18.6. The third-order valence-corrected chi connectivity index (χ3v) is 2.88. The van der Waals surface area contributed by atoms with E-state index in [1.165, 1.54) is 0 Å². The van der Waals surface area contributed by atoms with Gasteiger partial charge in [-0.3, -0.25) is 10.1 Å². The molecule has 1 aromatic heterocycles. The molecular weight excluding hydrogens is 260 g/mol. The number of hydrogen-bond donors (Lipinski definition) is 1. The number of nitrogens with one attached hydrogen (secondary N) is 1. The van der Waals surface area contributed by atoms with Gasteiger partial charge in [0.2, 0.25) is 5.82 Å².